The van der Waals surface area contributed by atoms with Gasteiger partial charge >= 0.3 is 0 Å². The first-order chi connectivity index (χ1) is 14.4. The third kappa shape index (κ3) is 4.02. The van der Waals surface area contributed by atoms with Crippen molar-refractivity contribution in [3.05, 3.63) is 42.3 Å². The summed E-state index contributed by atoms with van der Waals surface area (Å²) in [6.45, 7) is 0. The molecule has 30 heavy (non-hydrogen) atoms. The number of nitrogens with two attached hydrogens (primary N) is 1. The number of hydrogen-bond donors (Lipinski definition) is 2. The van der Waals surface area contributed by atoms with Crippen molar-refractivity contribution < 1.29 is 28.2 Å². The summed E-state index contributed by atoms with van der Waals surface area (Å²) in [7, 11) is 6.19. The first kappa shape index (κ1) is 21.4. The SMILES string of the molecule is COc1ccc(-c2nc(C(S)C(N)=O)oc2-c2ccc(OC)c(OC)c2)cc1OC. The zero-order chi connectivity index (χ0) is 21.8. The summed E-state index contributed by atoms with van der Waals surface area (Å²) in [6, 6.07) is 10.6. The van der Waals surface area contributed by atoms with E-state index in [2.05, 4.69) is 17.6 Å². The van der Waals surface area contributed by atoms with Gasteiger partial charge < -0.3 is 29.1 Å². The number of oxazole rings is 1. The number of aromatic nitrogens is 1. The Labute approximate surface area is 179 Å². The summed E-state index contributed by atoms with van der Waals surface area (Å²) >= 11 is 4.22. The highest BCUT2D eigenvalue weighted by molar-refractivity contribution is 7.81. The molecule has 0 aliphatic heterocycles. The maximum atomic E-state index is 11.6. The van der Waals surface area contributed by atoms with Crippen molar-refractivity contribution in [2.24, 2.45) is 5.73 Å². The molecule has 2 N–H and O–H groups in total. The molecule has 0 saturated heterocycles. The molecular formula is C21H22N2O6S. The number of methoxy groups -OCH3 is 4. The Morgan fingerprint density at radius 3 is 1.90 bits per heavy atom. The highest BCUT2D eigenvalue weighted by Crippen LogP contribution is 2.41. The monoisotopic (exact) mass is 430 g/mol. The fraction of sp³-hybridized carbons (Fsp3) is 0.238. The van der Waals surface area contributed by atoms with Crippen LogP contribution in [0, 0.1) is 0 Å². The maximum absolute atomic E-state index is 11.6. The summed E-state index contributed by atoms with van der Waals surface area (Å²) < 4.78 is 27.3. The Kier molecular flexibility index (Phi) is 6.41. The number of hydrogen-bond acceptors (Lipinski definition) is 8. The van der Waals surface area contributed by atoms with Crippen molar-refractivity contribution in [1.29, 1.82) is 0 Å². The highest BCUT2D eigenvalue weighted by atomic mass is 32.1. The van der Waals surface area contributed by atoms with Crippen molar-refractivity contribution >= 4 is 18.5 Å². The second kappa shape index (κ2) is 9.00. The largest absolute Gasteiger partial charge is 0.493 e. The van der Waals surface area contributed by atoms with Crippen molar-refractivity contribution in [3.63, 3.8) is 0 Å². The van der Waals surface area contributed by atoms with Crippen LogP contribution in [0.3, 0.4) is 0 Å². The van der Waals surface area contributed by atoms with E-state index in [-0.39, 0.29) is 5.89 Å². The van der Waals surface area contributed by atoms with Crippen molar-refractivity contribution in [2.45, 2.75) is 5.25 Å². The number of carbonyl (C=O) groups excluding carboxylic acids is 1. The van der Waals surface area contributed by atoms with E-state index in [1.807, 2.05) is 6.07 Å². The molecule has 158 valence electrons. The van der Waals surface area contributed by atoms with Crippen LogP contribution in [0.25, 0.3) is 22.6 Å². The Morgan fingerprint density at radius 1 is 0.900 bits per heavy atom. The molecular weight excluding hydrogens is 408 g/mol. The second-order valence-electron chi connectivity index (χ2n) is 6.17. The molecule has 2 aromatic carbocycles. The Bertz CT molecular complexity index is 993. The first-order valence-corrected chi connectivity index (χ1v) is 9.38. The standard InChI is InChI=1S/C21H22N2O6S/c1-25-13-7-5-11(9-15(13)27-3)17-18(29-21(23-17)19(30)20(22)24)12-6-8-14(26-2)16(10-12)28-4/h5-10,19,30H,1-4H3,(H2,22,24). The van der Waals surface area contributed by atoms with Crippen molar-refractivity contribution in [2.75, 3.05) is 28.4 Å². The van der Waals surface area contributed by atoms with Gasteiger partial charge in [0.25, 0.3) is 0 Å². The molecule has 0 spiro atoms. The van der Waals surface area contributed by atoms with Crippen LogP contribution in [0.4, 0.5) is 0 Å². The van der Waals surface area contributed by atoms with Crippen LogP contribution in [0.1, 0.15) is 11.1 Å². The van der Waals surface area contributed by atoms with Gasteiger partial charge in [0, 0.05) is 11.1 Å². The van der Waals surface area contributed by atoms with Gasteiger partial charge in [0.1, 0.15) is 5.69 Å². The molecule has 1 unspecified atom stereocenters. The fourth-order valence-electron chi connectivity index (χ4n) is 2.93. The van der Waals surface area contributed by atoms with E-state index >= 15 is 0 Å². The number of thiol groups is 1. The first-order valence-electron chi connectivity index (χ1n) is 8.86. The van der Waals surface area contributed by atoms with Gasteiger partial charge in [0.15, 0.2) is 34.0 Å². The van der Waals surface area contributed by atoms with Crippen LogP contribution < -0.4 is 24.7 Å². The van der Waals surface area contributed by atoms with Crippen molar-refractivity contribution in [1.82, 2.24) is 4.98 Å². The van der Waals surface area contributed by atoms with Gasteiger partial charge in [-0.05, 0) is 36.4 Å². The molecule has 0 aliphatic carbocycles. The van der Waals surface area contributed by atoms with Gasteiger partial charge in [-0.15, -0.1) is 0 Å². The van der Waals surface area contributed by atoms with Crippen LogP contribution in [0.15, 0.2) is 40.8 Å². The van der Waals surface area contributed by atoms with Crippen LogP contribution in [0.5, 0.6) is 23.0 Å². The number of benzene rings is 2. The molecule has 1 heterocycles. The topological polar surface area (TPSA) is 106 Å². The molecule has 9 heteroatoms. The number of carbonyl (C=O) groups is 1. The molecule has 3 aromatic rings. The second-order valence-corrected chi connectivity index (χ2v) is 6.69. The molecule has 0 aliphatic rings. The average Bonchev–Trinajstić information content (AvgIpc) is 3.22. The molecule has 0 bridgehead atoms. The number of rotatable bonds is 8. The molecule has 1 amide bonds. The molecule has 8 nitrogen and oxygen atoms in total. The Balaban J connectivity index is 2.21. The Morgan fingerprint density at radius 2 is 1.40 bits per heavy atom. The number of amides is 1. The smallest absolute Gasteiger partial charge is 0.239 e. The number of ether oxygens (including phenoxy) is 4. The minimum Gasteiger partial charge on any atom is -0.493 e. The molecule has 3 rings (SSSR count). The lowest BCUT2D eigenvalue weighted by atomic mass is 10.0. The van der Waals surface area contributed by atoms with E-state index in [9.17, 15) is 4.79 Å². The van der Waals surface area contributed by atoms with E-state index < -0.39 is 11.2 Å². The zero-order valence-electron chi connectivity index (χ0n) is 17.0. The minimum atomic E-state index is -1.00. The molecule has 1 aromatic heterocycles. The van der Waals surface area contributed by atoms with Crippen LogP contribution in [-0.4, -0.2) is 39.3 Å². The maximum Gasteiger partial charge on any atom is 0.239 e. The van der Waals surface area contributed by atoms with E-state index in [4.69, 9.17) is 29.1 Å². The average molecular weight is 430 g/mol. The minimum absolute atomic E-state index is 0.0837. The lowest BCUT2D eigenvalue weighted by Gasteiger charge is -2.10. The quantitative estimate of drug-likeness (QED) is 0.527. The van der Waals surface area contributed by atoms with E-state index in [0.717, 1.165) is 0 Å². The van der Waals surface area contributed by atoms with Gasteiger partial charge in [-0.1, -0.05) is 0 Å². The summed E-state index contributed by atoms with van der Waals surface area (Å²) in [5.41, 5.74) is 7.23. The van der Waals surface area contributed by atoms with Crippen LogP contribution in [0.2, 0.25) is 0 Å². The third-order valence-corrected chi connectivity index (χ3v) is 4.93. The van der Waals surface area contributed by atoms with Crippen molar-refractivity contribution in [3.8, 4) is 45.6 Å². The third-order valence-electron chi connectivity index (χ3n) is 4.45. The normalized spacial score (nSPS) is 11.6. The van der Waals surface area contributed by atoms with Gasteiger partial charge in [-0.25, -0.2) is 4.98 Å². The molecule has 0 radical (unpaired) electrons. The lowest BCUT2D eigenvalue weighted by Crippen LogP contribution is -2.17. The highest BCUT2D eigenvalue weighted by Gasteiger charge is 2.25. The van der Waals surface area contributed by atoms with Gasteiger partial charge in [0.05, 0.1) is 28.4 Å². The zero-order valence-corrected chi connectivity index (χ0v) is 17.9. The summed E-state index contributed by atoms with van der Waals surface area (Å²) in [4.78, 5) is 16.1. The van der Waals surface area contributed by atoms with E-state index in [1.54, 1.807) is 58.8 Å². The van der Waals surface area contributed by atoms with E-state index in [0.29, 0.717) is 45.6 Å². The molecule has 0 saturated carbocycles. The lowest BCUT2D eigenvalue weighted by molar-refractivity contribution is -0.117. The predicted octanol–water partition coefficient (Wildman–Crippen LogP) is 3.50. The van der Waals surface area contributed by atoms with Crippen LogP contribution in [-0.2, 0) is 4.79 Å². The molecule has 0 fully saturated rings. The van der Waals surface area contributed by atoms with Gasteiger partial charge in [-0.3, -0.25) is 4.79 Å². The summed E-state index contributed by atoms with van der Waals surface area (Å²) in [5.74, 6) is 2.01. The summed E-state index contributed by atoms with van der Waals surface area (Å²) in [6.07, 6.45) is 0. The van der Waals surface area contributed by atoms with Gasteiger partial charge in [0.2, 0.25) is 11.8 Å². The predicted molar refractivity (Wildman–Crippen MR) is 115 cm³/mol. The molecule has 1 atom stereocenters. The van der Waals surface area contributed by atoms with E-state index in [1.165, 1.54) is 0 Å². The van der Waals surface area contributed by atoms with Gasteiger partial charge in [-0.2, -0.15) is 12.6 Å². The summed E-state index contributed by atoms with van der Waals surface area (Å²) in [5, 5.41) is -1.00. The Hall–Kier alpha value is -3.33. The number of nitrogens with zero attached hydrogens (tertiary/aromatic N) is 1. The van der Waals surface area contributed by atoms with Crippen LogP contribution >= 0.6 is 12.6 Å². The fourth-order valence-corrected chi connectivity index (χ4v) is 3.04. The number of primary amides is 1.